The average Bonchev–Trinajstić information content (AvgIpc) is 2.78. The molecule has 0 aliphatic heterocycles. The van der Waals surface area contributed by atoms with Crippen LogP contribution in [0.3, 0.4) is 0 Å². The van der Waals surface area contributed by atoms with E-state index in [0.717, 1.165) is 23.8 Å². The first kappa shape index (κ1) is 14.9. The summed E-state index contributed by atoms with van der Waals surface area (Å²) in [5.74, 6) is 1.52. The Morgan fingerprint density at radius 2 is 1.95 bits per heavy atom. The smallest absolute Gasteiger partial charge is 0.264 e. The summed E-state index contributed by atoms with van der Waals surface area (Å²) in [4.78, 5) is 0. The Labute approximate surface area is 118 Å². The Kier molecular flexibility index (Phi) is 4.35. The summed E-state index contributed by atoms with van der Waals surface area (Å²) in [6.45, 7) is 4.36. The van der Waals surface area contributed by atoms with E-state index in [1.807, 2.05) is 26.0 Å². The van der Waals surface area contributed by atoms with Crippen molar-refractivity contribution < 1.29 is 21.8 Å². The number of ether oxygens (including phenoxy) is 1. The third kappa shape index (κ3) is 3.52. The Balaban J connectivity index is 2.45. The van der Waals surface area contributed by atoms with Crippen molar-refractivity contribution in [2.75, 3.05) is 12.9 Å². The average molecular weight is 298 g/mol. The zero-order valence-electron chi connectivity index (χ0n) is 11.8. The van der Waals surface area contributed by atoms with Gasteiger partial charge >= 0.3 is 0 Å². The van der Waals surface area contributed by atoms with Gasteiger partial charge in [0.1, 0.15) is 17.1 Å². The quantitative estimate of drug-likeness (QED) is 0.767. The molecule has 0 saturated carbocycles. The first-order chi connectivity index (χ1) is 9.43. The first-order valence-corrected chi connectivity index (χ1v) is 8.27. The van der Waals surface area contributed by atoms with Crippen LogP contribution in [0.1, 0.15) is 25.2 Å². The third-order valence-corrected chi connectivity index (χ3v) is 3.35. The second-order valence-electron chi connectivity index (χ2n) is 4.47. The van der Waals surface area contributed by atoms with Gasteiger partial charge in [0.15, 0.2) is 0 Å². The molecule has 110 valence electrons. The van der Waals surface area contributed by atoms with Crippen LogP contribution in [0.5, 0.6) is 5.75 Å². The summed E-state index contributed by atoms with van der Waals surface area (Å²) in [6.07, 6.45) is 1.79. The molecule has 0 saturated heterocycles. The maximum Gasteiger partial charge on any atom is 0.264 e. The van der Waals surface area contributed by atoms with Crippen molar-refractivity contribution in [3.05, 3.63) is 29.5 Å². The molecule has 0 amide bonds. The fraction of sp³-hybridized carbons (Fsp3) is 0.429. The van der Waals surface area contributed by atoms with Gasteiger partial charge in [-0.25, -0.2) is 0 Å². The second-order valence-corrected chi connectivity index (χ2v) is 6.11. The van der Waals surface area contributed by atoms with Crippen LogP contribution in [0.2, 0.25) is 0 Å². The molecule has 0 N–H and O–H groups in total. The largest absolute Gasteiger partial charge is 0.494 e. The summed E-state index contributed by atoms with van der Waals surface area (Å²) in [5.41, 5.74) is 1.31. The zero-order valence-corrected chi connectivity index (χ0v) is 12.6. The van der Waals surface area contributed by atoms with Crippen LogP contribution in [0.15, 0.2) is 22.6 Å². The molecule has 1 aromatic carbocycles. The molecule has 20 heavy (non-hydrogen) atoms. The van der Waals surface area contributed by atoms with Gasteiger partial charge in [0.05, 0.1) is 19.5 Å². The van der Waals surface area contributed by atoms with Crippen LogP contribution in [0.4, 0.5) is 0 Å². The molecule has 0 aliphatic carbocycles. The minimum atomic E-state index is -3.50. The second kappa shape index (κ2) is 5.85. The van der Waals surface area contributed by atoms with E-state index in [1.165, 1.54) is 0 Å². The number of furan rings is 1. The minimum Gasteiger partial charge on any atom is -0.494 e. The summed E-state index contributed by atoms with van der Waals surface area (Å²) >= 11 is 0. The van der Waals surface area contributed by atoms with Crippen molar-refractivity contribution in [1.29, 1.82) is 0 Å². The topological polar surface area (TPSA) is 65.7 Å². The highest BCUT2D eigenvalue weighted by molar-refractivity contribution is 7.85. The van der Waals surface area contributed by atoms with E-state index in [4.69, 9.17) is 13.3 Å². The van der Waals surface area contributed by atoms with Crippen molar-refractivity contribution in [3.63, 3.8) is 0 Å². The number of fused-ring (bicyclic) bond motifs is 1. The number of aryl methyl sites for hydroxylation is 1. The maximum absolute atomic E-state index is 11.1. The Morgan fingerprint density at radius 1 is 1.20 bits per heavy atom. The number of hydrogen-bond acceptors (Lipinski definition) is 5. The first-order valence-electron chi connectivity index (χ1n) is 6.45. The van der Waals surface area contributed by atoms with Gasteiger partial charge < -0.3 is 9.15 Å². The lowest BCUT2D eigenvalue weighted by Gasteiger charge is -2.07. The van der Waals surface area contributed by atoms with Gasteiger partial charge in [-0.1, -0.05) is 6.92 Å². The standard InChI is InChI=1S/C14H18O5S/c1-4-12-6-10-7-13(17-5-2)8-11(14(10)19-12)9-18-20(3,15)16/h6-8H,4-5,9H2,1-3H3. The summed E-state index contributed by atoms with van der Waals surface area (Å²) in [5, 5.41) is 0.889. The Hall–Kier alpha value is -1.53. The fourth-order valence-electron chi connectivity index (χ4n) is 1.95. The lowest BCUT2D eigenvalue weighted by Crippen LogP contribution is -2.03. The van der Waals surface area contributed by atoms with Gasteiger partial charge in [0.25, 0.3) is 10.1 Å². The molecule has 0 fully saturated rings. The van der Waals surface area contributed by atoms with Gasteiger partial charge in [-0.3, -0.25) is 4.18 Å². The minimum absolute atomic E-state index is 0.0626. The van der Waals surface area contributed by atoms with Crippen molar-refractivity contribution in [2.24, 2.45) is 0 Å². The molecular formula is C14H18O5S. The van der Waals surface area contributed by atoms with Crippen LogP contribution in [-0.4, -0.2) is 21.3 Å². The normalized spacial score (nSPS) is 11.9. The van der Waals surface area contributed by atoms with Gasteiger partial charge in [0.2, 0.25) is 0 Å². The van der Waals surface area contributed by atoms with Crippen LogP contribution in [0, 0.1) is 0 Å². The highest BCUT2D eigenvalue weighted by Crippen LogP contribution is 2.29. The van der Waals surface area contributed by atoms with E-state index in [9.17, 15) is 8.42 Å². The van der Waals surface area contributed by atoms with Crippen LogP contribution < -0.4 is 4.74 Å². The van der Waals surface area contributed by atoms with E-state index < -0.39 is 10.1 Å². The number of rotatable bonds is 6. The lowest BCUT2D eigenvalue weighted by atomic mass is 10.1. The van der Waals surface area contributed by atoms with E-state index in [2.05, 4.69) is 0 Å². The molecule has 0 aliphatic rings. The lowest BCUT2D eigenvalue weighted by molar-refractivity contribution is 0.308. The van der Waals surface area contributed by atoms with Crippen molar-refractivity contribution in [1.82, 2.24) is 0 Å². The number of benzene rings is 1. The number of hydrogen-bond donors (Lipinski definition) is 0. The monoisotopic (exact) mass is 298 g/mol. The van der Waals surface area contributed by atoms with E-state index in [1.54, 1.807) is 6.07 Å². The van der Waals surface area contributed by atoms with E-state index in [0.29, 0.717) is 23.5 Å². The van der Waals surface area contributed by atoms with Gasteiger partial charge in [-0.15, -0.1) is 0 Å². The molecule has 0 spiro atoms. The molecule has 0 unspecified atom stereocenters. The Morgan fingerprint density at radius 3 is 2.55 bits per heavy atom. The van der Waals surface area contributed by atoms with Gasteiger partial charge in [0, 0.05) is 17.4 Å². The molecule has 1 heterocycles. The van der Waals surface area contributed by atoms with Gasteiger partial charge in [-0.2, -0.15) is 8.42 Å². The molecule has 0 bridgehead atoms. The molecule has 5 nitrogen and oxygen atoms in total. The third-order valence-electron chi connectivity index (χ3n) is 2.81. The molecule has 6 heteroatoms. The van der Waals surface area contributed by atoms with Crippen LogP contribution in [-0.2, 0) is 27.3 Å². The summed E-state index contributed by atoms with van der Waals surface area (Å²) < 4.78 is 38.3. The summed E-state index contributed by atoms with van der Waals surface area (Å²) in [6, 6.07) is 5.56. The molecule has 0 atom stereocenters. The van der Waals surface area contributed by atoms with Crippen LogP contribution in [0.25, 0.3) is 11.0 Å². The SMILES string of the molecule is CCOc1cc(COS(C)(=O)=O)c2oc(CC)cc2c1. The van der Waals surface area contributed by atoms with Crippen molar-refractivity contribution in [2.45, 2.75) is 26.9 Å². The van der Waals surface area contributed by atoms with E-state index in [-0.39, 0.29) is 6.61 Å². The van der Waals surface area contributed by atoms with Crippen LogP contribution >= 0.6 is 0 Å². The summed E-state index contributed by atoms with van der Waals surface area (Å²) in [7, 11) is -3.50. The highest BCUT2D eigenvalue weighted by atomic mass is 32.2. The van der Waals surface area contributed by atoms with E-state index >= 15 is 0 Å². The maximum atomic E-state index is 11.1. The van der Waals surface area contributed by atoms with Crippen molar-refractivity contribution >= 4 is 21.1 Å². The predicted molar refractivity (Wildman–Crippen MR) is 76.4 cm³/mol. The molecule has 1 aromatic heterocycles. The zero-order chi connectivity index (χ0) is 14.8. The molecule has 0 radical (unpaired) electrons. The molecule has 2 aromatic rings. The van der Waals surface area contributed by atoms with Gasteiger partial charge in [-0.05, 0) is 25.1 Å². The Bertz CT molecular complexity index is 700. The molecule has 2 rings (SSSR count). The van der Waals surface area contributed by atoms with Crippen molar-refractivity contribution in [3.8, 4) is 5.75 Å². The molecular weight excluding hydrogens is 280 g/mol. The highest BCUT2D eigenvalue weighted by Gasteiger charge is 2.13. The predicted octanol–water partition coefficient (Wildman–Crippen LogP) is 2.87. The fourth-order valence-corrected chi connectivity index (χ4v) is 2.29.